The van der Waals surface area contributed by atoms with Gasteiger partial charge in [0.05, 0.1) is 24.9 Å². The highest BCUT2D eigenvalue weighted by atomic mass is 16.3. The van der Waals surface area contributed by atoms with Crippen molar-refractivity contribution in [1.82, 2.24) is 9.91 Å². The lowest BCUT2D eigenvalue weighted by atomic mass is 10.1. The number of nitrogens with zero attached hydrogens (tertiary/aromatic N) is 3. The number of hydrogen-bond acceptors (Lipinski definition) is 4. The van der Waals surface area contributed by atoms with Gasteiger partial charge in [-0.3, -0.25) is 9.69 Å². The minimum atomic E-state index is -0.298. The Balaban J connectivity index is 1.60. The van der Waals surface area contributed by atoms with Crippen LogP contribution < -0.4 is 0 Å². The Morgan fingerprint density at radius 3 is 2.86 bits per heavy atom. The molecule has 0 bridgehead atoms. The second-order valence-corrected chi connectivity index (χ2v) is 5.71. The third-order valence-electron chi connectivity index (χ3n) is 4.04. The van der Waals surface area contributed by atoms with Gasteiger partial charge in [0.25, 0.3) is 5.91 Å². The minimum Gasteiger partial charge on any atom is -0.392 e. The van der Waals surface area contributed by atoms with Gasteiger partial charge < -0.3 is 5.11 Å². The predicted molar refractivity (Wildman–Crippen MR) is 81.0 cm³/mol. The van der Waals surface area contributed by atoms with Gasteiger partial charge in [-0.05, 0) is 24.9 Å². The molecule has 2 aliphatic rings. The number of likely N-dealkylation sites (tertiary alicyclic amines) is 1. The highest BCUT2D eigenvalue weighted by molar-refractivity contribution is 6.02. The number of rotatable bonds is 3. The molecule has 5 heteroatoms. The Labute approximate surface area is 124 Å². The largest absolute Gasteiger partial charge is 0.392 e. The number of β-amino-alcohol motifs (C(OH)–C–C–N with tert-alkyl or cyclic N) is 1. The zero-order valence-corrected chi connectivity index (χ0v) is 12.1. The van der Waals surface area contributed by atoms with E-state index in [4.69, 9.17) is 0 Å². The topological polar surface area (TPSA) is 56.1 Å². The van der Waals surface area contributed by atoms with Crippen LogP contribution in [0.1, 0.15) is 24.8 Å². The summed E-state index contributed by atoms with van der Waals surface area (Å²) in [5.41, 5.74) is 2.06. The molecule has 1 N–H and O–H groups in total. The van der Waals surface area contributed by atoms with Crippen molar-refractivity contribution in [3.05, 3.63) is 35.9 Å². The molecule has 2 heterocycles. The average Bonchev–Trinajstić information content (AvgIpc) is 2.98. The van der Waals surface area contributed by atoms with Gasteiger partial charge in [0.1, 0.15) is 0 Å². The summed E-state index contributed by atoms with van der Waals surface area (Å²) in [5.74, 6) is 0.0232. The molecule has 0 spiro atoms. The average molecular weight is 287 g/mol. The van der Waals surface area contributed by atoms with Crippen molar-refractivity contribution in [2.45, 2.75) is 25.4 Å². The fraction of sp³-hybridized carbons (Fsp3) is 0.500. The third-order valence-corrected chi connectivity index (χ3v) is 4.04. The van der Waals surface area contributed by atoms with Crippen LogP contribution in [-0.4, -0.2) is 58.9 Å². The summed E-state index contributed by atoms with van der Waals surface area (Å²) >= 11 is 0. The maximum atomic E-state index is 12.3. The van der Waals surface area contributed by atoms with E-state index >= 15 is 0 Å². The van der Waals surface area contributed by atoms with Crippen LogP contribution in [0.15, 0.2) is 35.4 Å². The number of aliphatic hydroxyl groups is 1. The molecule has 1 atom stereocenters. The van der Waals surface area contributed by atoms with Gasteiger partial charge in [-0.1, -0.05) is 30.3 Å². The molecule has 0 radical (unpaired) electrons. The van der Waals surface area contributed by atoms with Crippen molar-refractivity contribution in [2.75, 3.05) is 26.2 Å². The molecule has 2 aliphatic heterocycles. The fourth-order valence-corrected chi connectivity index (χ4v) is 2.92. The molecule has 0 saturated carbocycles. The Hall–Kier alpha value is -1.72. The van der Waals surface area contributed by atoms with Crippen molar-refractivity contribution in [3.8, 4) is 0 Å². The number of carbonyl (C=O) groups excluding carboxylic acids is 1. The summed E-state index contributed by atoms with van der Waals surface area (Å²) in [7, 11) is 0. The van der Waals surface area contributed by atoms with Crippen LogP contribution in [0.4, 0.5) is 0 Å². The lowest BCUT2D eigenvalue weighted by Crippen LogP contribution is -2.44. The highest BCUT2D eigenvalue weighted by Crippen LogP contribution is 2.15. The number of benzene rings is 1. The summed E-state index contributed by atoms with van der Waals surface area (Å²) in [6.07, 6.45) is 2.30. The maximum Gasteiger partial charge on any atom is 0.256 e. The van der Waals surface area contributed by atoms with Crippen LogP contribution in [0.2, 0.25) is 0 Å². The molecule has 21 heavy (non-hydrogen) atoms. The SMILES string of the molecule is O=C(CN1CCCC(O)C1)N1CCC(c2ccccc2)=N1. The monoisotopic (exact) mass is 287 g/mol. The first kappa shape index (κ1) is 14.2. The zero-order chi connectivity index (χ0) is 14.7. The number of carbonyl (C=O) groups is 1. The van der Waals surface area contributed by atoms with E-state index in [1.807, 2.05) is 35.2 Å². The first-order chi connectivity index (χ1) is 10.2. The number of hydrogen-bond donors (Lipinski definition) is 1. The Morgan fingerprint density at radius 1 is 1.29 bits per heavy atom. The van der Waals surface area contributed by atoms with Gasteiger partial charge >= 0.3 is 0 Å². The van der Waals surface area contributed by atoms with Gasteiger partial charge in [-0.15, -0.1) is 0 Å². The van der Waals surface area contributed by atoms with Crippen molar-refractivity contribution in [3.63, 3.8) is 0 Å². The minimum absolute atomic E-state index is 0.0232. The van der Waals surface area contributed by atoms with Gasteiger partial charge in [-0.2, -0.15) is 5.10 Å². The van der Waals surface area contributed by atoms with Crippen molar-refractivity contribution in [2.24, 2.45) is 5.10 Å². The second kappa shape index (κ2) is 6.37. The molecule has 1 fully saturated rings. The second-order valence-electron chi connectivity index (χ2n) is 5.71. The first-order valence-electron chi connectivity index (χ1n) is 7.56. The molecule has 3 rings (SSSR count). The molecule has 0 aliphatic carbocycles. The molecule has 1 aromatic rings. The van der Waals surface area contributed by atoms with Crippen LogP contribution in [0, 0.1) is 0 Å². The van der Waals surface area contributed by atoms with Crippen LogP contribution in [0.5, 0.6) is 0 Å². The summed E-state index contributed by atoms with van der Waals surface area (Å²) in [6, 6.07) is 9.99. The van der Waals surface area contributed by atoms with Gasteiger partial charge in [0, 0.05) is 13.0 Å². The molecular weight excluding hydrogens is 266 g/mol. The van der Waals surface area contributed by atoms with Crippen LogP contribution in [0.3, 0.4) is 0 Å². The van der Waals surface area contributed by atoms with E-state index in [2.05, 4.69) is 5.10 Å². The van der Waals surface area contributed by atoms with E-state index in [9.17, 15) is 9.90 Å². The van der Waals surface area contributed by atoms with Crippen LogP contribution in [0.25, 0.3) is 0 Å². The van der Waals surface area contributed by atoms with Crippen molar-refractivity contribution < 1.29 is 9.90 Å². The van der Waals surface area contributed by atoms with E-state index in [1.54, 1.807) is 5.01 Å². The molecule has 0 aromatic heterocycles. The summed E-state index contributed by atoms with van der Waals surface area (Å²) in [6.45, 7) is 2.48. The molecule has 1 unspecified atom stereocenters. The smallest absolute Gasteiger partial charge is 0.256 e. The summed E-state index contributed by atoms with van der Waals surface area (Å²) in [4.78, 5) is 14.3. The van der Waals surface area contributed by atoms with E-state index < -0.39 is 0 Å². The first-order valence-corrected chi connectivity index (χ1v) is 7.56. The Kier molecular flexibility index (Phi) is 4.31. The number of amides is 1. The van der Waals surface area contributed by atoms with Crippen LogP contribution >= 0.6 is 0 Å². The molecule has 5 nitrogen and oxygen atoms in total. The van der Waals surface area contributed by atoms with Gasteiger partial charge in [-0.25, -0.2) is 5.01 Å². The number of hydrazone groups is 1. The number of aliphatic hydroxyl groups excluding tert-OH is 1. The van der Waals surface area contributed by atoms with Crippen molar-refractivity contribution in [1.29, 1.82) is 0 Å². The molecule has 1 amide bonds. The molecular formula is C16H21N3O2. The maximum absolute atomic E-state index is 12.3. The highest BCUT2D eigenvalue weighted by Gasteiger charge is 2.25. The van der Waals surface area contributed by atoms with Crippen LogP contribution in [-0.2, 0) is 4.79 Å². The summed E-state index contributed by atoms with van der Waals surface area (Å²) in [5, 5.41) is 15.7. The quantitative estimate of drug-likeness (QED) is 0.905. The molecule has 1 saturated heterocycles. The number of piperidine rings is 1. The van der Waals surface area contributed by atoms with E-state index in [0.29, 0.717) is 19.6 Å². The molecule has 1 aromatic carbocycles. The Morgan fingerprint density at radius 2 is 2.10 bits per heavy atom. The lowest BCUT2D eigenvalue weighted by Gasteiger charge is -2.30. The van der Waals surface area contributed by atoms with Gasteiger partial charge in [0.2, 0.25) is 0 Å². The normalized spacial score (nSPS) is 23.2. The Bertz CT molecular complexity index is 530. The van der Waals surface area contributed by atoms with E-state index in [0.717, 1.165) is 37.1 Å². The van der Waals surface area contributed by atoms with E-state index in [1.165, 1.54) is 0 Å². The zero-order valence-electron chi connectivity index (χ0n) is 12.1. The predicted octanol–water partition coefficient (Wildman–Crippen LogP) is 1.08. The standard InChI is InChI=1S/C16H21N3O2/c20-14-7-4-9-18(11-14)12-16(21)19-10-8-15(17-19)13-5-2-1-3-6-13/h1-3,5-6,14,20H,4,7-12H2. The fourth-order valence-electron chi connectivity index (χ4n) is 2.92. The van der Waals surface area contributed by atoms with Gasteiger partial charge in [0.15, 0.2) is 0 Å². The molecule has 112 valence electrons. The lowest BCUT2D eigenvalue weighted by molar-refractivity contribution is -0.132. The van der Waals surface area contributed by atoms with Crippen molar-refractivity contribution >= 4 is 11.6 Å². The van der Waals surface area contributed by atoms with E-state index in [-0.39, 0.29) is 12.0 Å². The summed E-state index contributed by atoms with van der Waals surface area (Å²) < 4.78 is 0. The third kappa shape index (κ3) is 3.49.